The predicted octanol–water partition coefficient (Wildman–Crippen LogP) is 3.41. The van der Waals surface area contributed by atoms with Crippen LogP contribution in [0.15, 0.2) is 42.7 Å². The minimum absolute atomic E-state index is 0.519. The molecule has 0 aromatic carbocycles. The quantitative estimate of drug-likeness (QED) is 0.799. The summed E-state index contributed by atoms with van der Waals surface area (Å²) in [7, 11) is 0. The van der Waals surface area contributed by atoms with Crippen molar-refractivity contribution in [3.8, 4) is 22.0 Å². The number of aryl methyl sites for hydroxylation is 1. The lowest BCUT2D eigenvalue weighted by atomic mass is 10.2. The summed E-state index contributed by atoms with van der Waals surface area (Å²) in [6.07, 6.45) is 4.49. The molecule has 0 aliphatic rings. The molecule has 4 nitrogen and oxygen atoms in total. The summed E-state index contributed by atoms with van der Waals surface area (Å²) in [5.41, 5.74) is 8.48. The van der Waals surface area contributed by atoms with Crippen molar-refractivity contribution in [3.63, 3.8) is 0 Å². The van der Waals surface area contributed by atoms with Crippen molar-refractivity contribution in [3.05, 3.63) is 47.6 Å². The second-order valence-corrected chi connectivity index (χ2v) is 5.41. The molecule has 3 heterocycles. The molecule has 0 saturated heterocycles. The standard InChI is InChI=1S/C15H14N4S/c1-2-12-14(11-5-3-4-8-17-11)19-15(20-12)10-6-7-13(16)18-9-10/h3-9H,2H2,1H3,(H2,16,18). The maximum Gasteiger partial charge on any atom is 0.125 e. The smallest absolute Gasteiger partial charge is 0.125 e. The summed E-state index contributed by atoms with van der Waals surface area (Å²) in [5.74, 6) is 0.519. The highest BCUT2D eigenvalue weighted by atomic mass is 32.1. The monoisotopic (exact) mass is 282 g/mol. The van der Waals surface area contributed by atoms with Gasteiger partial charge in [-0.3, -0.25) is 4.98 Å². The van der Waals surface area contributed by atoms with Crippen molar-refractivity contribution in [1.82, 2.24) is 15.0 Å². The first kappa shape index (κ1) is 12.7. The molecule has 0 fully saturated rings. The molecule has 100 valence electrons. The normalized spacial score (nSPS) is 10.7. The fourth-order valence-electron chi connectivity index (χ4n) is 1.95. The molecular formula is C15H14N4S. The van der Waals surface area contributed by atoms with E-state index in [1.54, 1.807) is 29.8 Å². The van der Waals surface area contributed by atoms with Crippen LogP contribution in [0.2, 0.25) is 0 Å². The van der Waals surface area contributed by atoms with Gasteiger partial charge in [-0.15, -0.1) is 11.3 Å². The zero-order chi connectivity index (χ0) is 13.9. The molecule has 0 unspecified atom stereocenters. The highest BCUT2D eigenvalue weighted by Crippen LogP contribution is 2.33. The summed E-state index contributed by atoms with van der Waals surface area (Å²) < 4.78 is 0. The fraction of sp³-hybridized carbons (Fsp3) is 0.133. The Morgan fingerprint density at radius 2 is 2.05 bits per heavy atom. The summed E-state index contributed by atoms with van der Waals surface area (Å²) in [5, 5.41) is 0.954. The van der Waals surface area contributed by atoms with Gasteiger partial charge in [0.1, 0.15) is 16.5 Å². The van der Waals surface area contributed by atoms with Gasteiger partial charge in [0, 0.05) is 22.8 Å². The minimum atomic E-state index is 0.519. The Hall–Kier alpha value is -2.27. The molecule has 0 aliphatic carbocycles. The number of thiazole rings is 1. The Kier molecular flexibility index (Phi) is 3.43. The SMILES string of the molecule is CCc1sc(-c2ccc(N)nc2)nc1-c1ccccn1. The van der Waals surface area contributed by atoms with Crippen LogP contribution < -0.4 is 5.73 Å². The van der Waals surface area contributed by atoms with Gasteiger partial charge in [-0.1, -0.05) is 13.0 Å². The topological polar surface area (TPSA) is 64.7 Å². The van der Waals surface area contributed by atoms with Crippen LogP contribution >= 0.6 is 11.3 Å². The molecule has 2 N–H and O–H groups in total. The van der Waals surface area contributed by atoms with Crippen molar-refractivity contribution < 1.29 is 0 Å². The summed E-state index contributed by atoms with van der Waals surface area (Å²) >= 11 is 1.68. The van der Waals surface area contributed by atoms with Gasteiger partial charge >= 0.3 is 0 Å². The minimum Gasteiger partial charge on any atom is -0.384 e. The van der Waals surface area contributed by atoms with E-state index in [2.05, 4.69) is 16.9 Å². The van der Waals surface area contributed by atoms with Crippen LogP contribution in [0.25, 0.3) is 22.0 Å². The number of pyridine rings is 2. The molecule has 0 saturated carbocycles. The van der Waals surface area contributed by atoms with Gasteiger partial charge in [-0.05, 0) is 30.7 Å². The van der Waals surface area contributed by atoms with Crippen LogP contribution in [0.3, 0.4) is 0 Å². The van der Waals surface area contributed by atoms with E-state index in [0.717, 1.165) is 28.4 Å². The lowest BCUT2D eigenvalue weighted by Gasteiger charge is -1.97. The average molecular weight is 282 g/mol. The van der Waals surface area contributed by atoms with E-state index in [0.29, 0.717) is 5.82 Å². The average Bonchev–Trinajstić information content (AvgIpc) is 2.93. The Bertz CT molecular complexity index is 704. The van der Waals surface area contributed by atoms with Crippen molar-refractivity contribution in [1.29, 1.82) is 0 Å². The Morgan fingerprint density at radius 1 is 1.15 bits per heavy atom. The summed E-state index contributed by atoms with van der Waals surface area (Å²) in [6, 6.07) is 9.61. The zero-order valence-electron chi connectivity index (χ0n) is 11.1. The van der Waals surface area contributed by atoms with E-state index in [4.69, 9.17) is 10.7 Å². The first-order chi connectivity index (χ1) is 9.78. The highest BCUT2D eigenvalue weighted by molar-refractivity contribution is 7.15. The number of nitrogens with two attached hydrogens (primary N) is 1. The van der Waals surface area contributed by atoms with E-state index in [9.17, 15) is 0 Å². The second kappa shape index (κ2) is 5.38. The Labute approximate surface area is 121 Å². The lowest BCUT2D eigenvalue weighted by Crippen LogP contribution is -1.89. The van der Waals surface area contributed by atoms with Crippen LogP contribution in [0, 0.1) is 0 Å². The zero-order valence-corrected chi connectivity index (χ0v) is 11.9. The molecule has 0 aliphatic heterocycles. The maximum atomic E-state index is 5.62. The third-order valence-electron chi connectivity index (χ3n) is 2.96. The van der Waals surface area contributed by atoms with E-state index < -0.39 is 0 Å². The van der Waals surface area contributed by atoms with Crippen molar-refractivity contribution in [2.45, 2.75) is 13.3 Å². The third kappa shape index (κ3) is 2.40. The molecule has 20 heavy (non-hydrogen) atoms. The van der Waals surface area contributed by atoms with Crippen molar-refractivity contribution in [2.24, 2.45) is 0 Å². The number of hydrogen-bond acceptors (Lipinski definition) is 5. The van der Waals surface area contributed by atoms with Crippen LogP contribution in [-0.4, -0.2) is 15.0 Å². The van der Waals surface area contributed by atoms with Gasteiger partial charge in [0.2, 0.25) is 0 Å². The van der Waals surface area contributed by atoms with Gasteiger partial charge in [0.15, 0.2) is 0 Å². The van der Waals surface area contributed by atoms with Crippen LogP contribution in [0.4, 0.5) is 5.82 Å². The molecule has 3 aromatic rings. The van der Waals surface area contributed by atoms with Gasteiger partial charge in [0.25, 0.3) is 0 Å². The molecule has 5 heteroatoms. The third-order valence-corrected chi connectivity index (χ3v) is 4.21. The van der Waals surface area contributed by atoms with Crippen LogP contribution in [0.5, 0.6) is 0 Å². The Balaban J connectivity index is 2.07. The molecule has 0 radical (unpaired) electrons. The Morgan fingerprint density at radius 3 is 2.70 bits per heavy atom. The van der Waals surface area contributed by atoms with E-state index in [-0.39, 0.29) is 0 Å². The predicted molar refractivity (Wildman–Crippen MR) is 82.4 cm³/mol. The molecule has 0 amide bonds. The van der Waals surface area contributed by atoms with E-state index in [1.807, 2.05) is 24.3 Å². The summed E-state index contributed by atoms with van der Waals surface area (Å²) in [4.78, 5) is 14.5. The number of nitrogens with zero attached hydrogens (tertiary/aromatic N) is 3. The van der Waals surface area contributed by atoms with Crippen LogP contribution in [-0.2, 0) is 6.42 Å². The number of rotatable bonds is 3. The van der Waals surface area contributed by atoms with Gasteiger partial charge < -0.3 is 5.73 Å². The molecular weight excluding hydrogens is 268 g/mol. The largest absolute Gasteiger partial charge is 0.384 e. The van der Waals surface area contributed by atoms with Gasteiger partial charge in [0.05, 0.1) is 5.69 Å². The van der Waals surface area contributed by atoms with E-state index in [1.165, 1.54) is 4.88 Å². The van der Waals surface area contributed by atoms with Gasteiger partial charge in [-0.2, -0.15) is 0 Å². The number of aromatic nitrogens is 3. The van der Waals surface area contributed by atoms with Crippen molar-refractivity contribution in [2.75, 3.05) is 5.73 Å². The molecule has 0 atom stereocenters. The van der Waals surface area contributed by atoms with Crippen molar-refractivity contribution >= 4 is 17.2 Å². The van der Waals surface area contributed by atoms with E-state index >= 15 is 0 Å². The van der Waals surface area contributed by atoms with Gasteiger partial charge in [-0.25, -0.2) is 9.97 Å². The first-order valence-corrected chi connectivity index (χ1v) is 7.22. The summed E-state index contributed by atoms with van der Waals surface area (Å²) in [6.45, 7) is 2.13. The molecule has 0 bridgehead atoms. The highest BCUT2D eigenvalue weighted by Gasteiger charge is 2.13. The molecule has 0 spiro atoms. The number of anilines is 1. The fourth-order valence-corrected chi connectivity index (χ4v) is 2.95. The maximum absolute atomic E-state index is 5.62. The van der Waals surface area contributed by atoms with Crippen LogP contribution in [0.1, 0.15) is 11.8 Å². The number of nitrogen functional groups attached to an aromatic ring is 1. The molecule has 3 aromatic heterocycles. The lowest BCUT2D eigenvalue weighted by molar-refractivity contribution is 1.16. The first-order valence-electron chi connectivity index (χ1n) is 6.41. The number of hydrogen-bond donors (Lipinski definition) is 1. The second-order valence-electron chi connectivity index (χ2n) is 4.33. The molecule has 3 rings (SSSR count).